The summed E-state index contributed by atoms with van der Waals surface area (Å²) < 4.78 is 2.52. The molecule has 0 bridgehead atoms. The summed E-state index contributed by atoms with van der Waals surface area (Å²) in [6.07, 6.45) is 0. The molecule has 108 valence electrons. The second-order valence-electron chi connectivity index (χ2n) is 5.32. The normalized spacial score (nSPS) is 14.2. The Balaban J connectivity index is 1.79. The molecule has 0 saturated carbocycles. The third kappa shape index (κ3) is 3.20. The molecule has 3 heteroatoms. The van der Waals surface area contributed by atoms with Crippen LogP contribution in [0.3, 0.4) is 0 Å². The number of fused-ring (bicyclic) bond motifs is 1. The maximum atomic E-state index is 3.69. The summed E-state index contributed by atoms with van der Waals surface area (Å²) in [6.45, 7) is 4.45. The summed E-state index contributed by atoms with van der Waals surface area (Å²) >= 11 is 5.51. The van der Waals surface area contributed by atoms with Gasteiger partial charge in [-0.15, -0.1) is 11.3 Å². The van der Waals surface area contributed by atoms with Crippen LogP contribution in [0.2, 0.25) is 0 Å². The molecule has 1 aromatic heterocycles. The van der Waals surface area contributed by atoms with E-state index in [0.29, 0.717) is 12.1 Å². The molecule has 3 aromatic rings. The van der Waals surface area contributed by atoms with Crippen molar-refractivity contribution in [3.63, 3.8) is 0 Å². The molecule has 1 N–H and O–H groups in total. The van der Waals surface area contributed by atoms with Crippen molar-refractivity contribution in [2.24, 2.45) is 0 Å². The molecule has 0 aliphatic heterocycles. The fraction of sp³-hybridized carbons (Fsp3) is 0.222. The van der Waals surface area contributed by atoms with Crippen molar-refractivity contribution in [3.8, 4) is 0 Å². The van der Waals surface area contributed by atoms with Crippen molar-refractivity contribution in [3.05, 3.63) is 69.5 Å². The molecule has 2 aromatic carbocycles. The second kappa shape index (κ2) is 6.30. The van der Waals surface area contributed by atoms with Gasteiger partial charge in [-0.1, -0.05) is 52.3 Å². The van der Waals surface area contributed by atoms with Crippen LogP contribution in [-0.2, 0) is 0 Å². The van der Waals surface area contributed by atoms with E-state index in [-0.39, 0.29) is 0 Å². The minimum Gasteiger partial charge on any atom is -0.303 e. The van der Waals surface area contributed by atoms with Gasteiger partial charge in [0.25, 0.3) is 0 Å². The molecule has 21 heavy (non-hydrogen) atoms. The molecule has 0 radical (unpaired) electrons. The molecule has 0 spiro atoms. The average Bonchev–Trinajstić information content (AvgIpc) is 2.91. The van der Waals surface area contributed by atoms with Gasteiger partial charge in [-0.2, -0.15) is 0 Å². The molecule has 0 aliphatic rings. The van der Waals surface area contributed by atoms with Crippen molar-refractivity contribution < 1.29 is 0 Å². The van der Waals surface area contributed by atoms with Crippen LogP contribution < -0.4 is 5.32 Å². The molecule has 2 atom stereocenters. The SMILES string of the molecule is CC(NC(C)c1ccccc1Br)c1cc2ccccc2s1. The number of rotatable bonds is 4. The lowest BCUT2D eigenvalue weighted by molar-refractivity contribution is 0.499. The van der Waals surface area contributed by atoms with Gasteiger partial charge in [0.1, 0.15) is 0 Å². The van der Waals surface area contributed by atoms with Crippen LogP contribution in [-0.4, -0.2) is 0 Å². The monoisotopic (exact) mass is 359 g/mol. The Morgan fingerprint density at radius 3 is 2.43 bits per heavy atom. The number of halogens is 1. The first-order chi connectivity index (χ1) is 10.1. The van der Waals surface area contributed by atoms with E-state index in [1.165, 1.54) is 20.5 Å². The van der Waals surface area contributed by atoms with Crippen molar-refractivity contribution in [2.45, 2.75) is 25.9 Å². The maximum absolute atomic E-state index is 3.69. The molecule has 0 aliphatic carbocycles. The van der Waals surface area contributed by atoms with E-state index >= 15 is 0 Å². The lowest BCUT2D eigenvalue weighted by atomic mass is 10.1. The van der Waals surface area contributed by atoms with E-state index in [9.17, 15) is 0 Å². The van der Waals surface area contributed by atoms with Crippen molar-refractivity contribution in [1.82, 2.24) is 5.32 Å². The highest BCUT2D eigenvalue weighted by Gasteiger charge is 2.14. The van der Waals surface area contributed by atoms with Crippen LogP contribution >= 0.6 is 27.3 Å². The quantitative estimate of drug-likeness (QED) is 0.595. The smallest absolute Gasteiger partial charge is 0.0391 e. The molecule has 3 rings (SSSR count). The Hall–Kier alpha value is -1.16. The third-order valence-electron chi connectivity index (χ3n) is 3.74. The van der Waals surface area contributed by atoms with Crippen LogP contribution in [0.25, 0.3) is 10.1 Å². The largest absolute Gasteiger partial charge is 0.303 e. The Labute approximate surface area is 138 Å². The van der Waals surface area contributed by atoms with Crippen LogP contribution in [0.5, 0.6) is 0 Å². The Kier molecular flexibility index (Phi) is 4.43. The molecule has 1 nitrogen and oxygen atoms in total. The van der Waals surface area contributed by atoms with E-state index in [4.69, 9.17) is 0 Å². The van der Waals surface area contributed by atoms with Crippen molar-refractivity contribution >= 4 is 37.4 Å². The molecule has 0 amide bonds. The van der Waals surface area contributed by atoms with Gasteiger partial charge in [0, 0.05) is 26.1 Å². The number of hydrogen-bond donors (Lipinski definition) is 1. The minimum absolute atomic E-state index is 0.306. The van der Waals surface area contributed by atoms with E-state index in [1.54, 1.807) is 0 Å². The van der Waals surface area contributed by atoms with Crippen molar-refractivity contribution in [2.75, 3.05) is 0 Å². The van der Waals surface area contributed by atoms with Crippen LogP contribution in [0.4, 0.5) is 0 Å². The first-order valence-electron chi connectivity index (χ1n) is 7.14. The minimum atomic E-state index is 0.306. The number of nitrogens with one attached hydrogen (secondary N) is 1. The number of thiophene rings is 1. The number of benzene rings is 2. The molecule has 2 unspecified atom stereocenters. The summed E-state index contributed by atoms with van der Waals surface area (Å²) in [7, 11) is 0. The summed E-state index contributed by atoms with van der Waals surface area (Å²) in [5.74, 6) is 0. The first-order valence-corrected chi connectivity index (χ1v) is 8.75. The highest BCUT2D eigenvalue weighted by Crippen LogP contribution is 2.31. The predicted octanol–water partition coefficient (Wildman–Crippen LogP) is 6.08. The zero-order chi connectivity index (χ0) is 14.8. The average molecular weight is 360 g/mol. The molecule has 0 fully saturated rings. The van der Waals surface area contributed by atoms with Gasteiger partial charge < -0.3 is 5.32 Å². The zero-order valence-corrected chi connectivity index (χ0v) is 14.5. The standard InChI is InChI=1S/C18H18BrNS/c1-12(15-8-4-5-9-16(15)19)20-13(2)18-11-14-7-3-6-10-17(14)21-18/h3-13,20H,1-2H3. The van der Waals surface area contributed by atoms with Crippen molar-refractivity contribution in [1.29, 1.82) is 0 Å². The fourth-order valence-corrected chi connectivity index (χ4v) is 4.29. The van der Waals surface area contributed by atoms with Crippen LogP contribution in [0, 0.1) is 0 Å². The molecular formula is C18H18BrNS. The van der Waals surface area contributed by atoms with Crippen LogP contribution in [0.1, 0.15) is 36.4 Å². The van der Waals surface area contributed by atoms with Crippen LogP contribution in [0.15, 0.2) is 59.1 Å². The molecular weight excluding hydrogens is 342 g/mol. The summed E-state index contributed by atoms with van der Waals surface area (Å²) in [5, 5.41) is 5.03. The van der Waals surface area contributed by atoms with E-state index in [0.717, 1.165) is 4.47 Å². The first kappa shape index (κ1) is 14.8. The maximum Gasteiger partial charge on any atom is 0.0391 e. The van der Waals surface area contributed by atoms with E-state index in [2.05, 4.69) is 89.7 Å². The number of hydrogen-bond acceptors (Lipinski definition) is 2. The Morgan fingerprint density at radius 1 is 0.952 bits per heavy atom. The van der Waals surface area contributed by atoms with Gasteiger partial charge in [0.15, 0.2) is 0 Å². The van der Waals surface area contributed by atoms with Gasteiger partial charge in [0.05, 0.1) is 0 Å². The fourth-order valence-electron chi connectivity index (χ4n) is 2.59. The van der Waals surface area contributed by atoms with Gasteiger partial charge in [-0.3, -0.25) is 0 Å². The predicted molar refractivity (Wildman–Crippen MR) is 95.9 cm³/mol. The molecule has 1 heterocycles. The molecule has 0 saturated heterocycles. The summed E-state index contributed by atoms with van der Waals surface area (Å²) in [6, 6.07) is 19.9. The Morgan fingerprint density at radius 2 is 1.67 bits per heavy atom. The van der Waals surface area contributed by atoms with Gasteiger partial charge >= 0.3 is 0 Å². The Bertz CT molecular complexity index is 717. The topological polar surface area (TPSA) is 12.0 Å². The summed E-state index contributed by atoms with van der Waals surface area (Å²) in [5.41, 5.74) is 1.30. The van der Waals surface area contributed by atoms with E-state index in [1.807, 2.05) is 11.3 Å². The highest BCUT2D eigenvalue weighted by molar-refractivity contribution is 9.10. The van der Waals surface area contributed by atoms with Gasteiger partial charge in [-0.25, -0.2) is 0 Å². The zero-order valence-electron chi connectivity index (χ0n) is 12.1. The highest BCUT2D eigenvalue weighted by atomic mass is 79.9. The lowest BCUT2D eigenvalue weighted by Crippen LogP contribution is -2.22. The summed E-state index contributed by atoms with van der Waals surface area (Å²) in [4.78, 5) is 1.38. The van der Waals surface area contributed by atoms with Gasteiger partial charge in [-0.05, 0) is 43.0 Å². The van der Waals surface area contributed by atoms with Gasteiger partial charge in [0.2, 0.25) is 0 Å². The second-order valence-corrected chi connectivity index (χ2v) is 7.29. The third-order valence-corrected chi connectivity index (χ3v) is 5.76. The van der Waals surface area contributed by atoms with E-state index < -0.39 is 0 Å². The lowest BCUT2D eigenvalue weighted by Gasteiger charge is -2.20.